The Morgan fingerprint density at radius 3 is 2.26 bits per heavy atom. The molecule has 0 saturated carbocycles. The third kappa shape index (κ3) is 10.1. The van der Waals surface area contributed by atoms with Crippen LogP contribution in [0.15, 0.2) is 55.1 Å². The maximum atomic E-state index is 13.9. The minimum Gasteiger partial charge on any atom is -0.497 e. The summed E-state index contributed by atoms with van der Waals surface area (Å²) in [7, 11) is 1.57. The molecule has 0 fully saturated rings. The fourth-order valence-electron chi connectivity index (χ4n) is 4.09. The van der Waals surface area contributed by atoms with Gasteiger partial charge in [0, 0.05) is 11.7 Å². The third-order valence-corrected chi connectivity index (χ3v) is 6.05. The molecule has 39 heavy (non-hydrogen) atoms. The Kier molecular flexibility index (Phi) is 11.6. The van der Waals surface area contributed by atoms with E-state index in [2.05, 4.69) is 31.1 Å². The quantitative estimate of drug-likeness (QED) is 0.336. The maximum Gasteiger partial charge on any atom is 0.408 e. The molecule has 0 aliphatic heterocycles. The number of nitrogens with one attached hydrogen (secondary N) is 2. The zero-order valence-electron chi connectivity index (χ0n) is 24.2. The second kappa shape index (κ2) is 14.4. The summed E-state index contributed by atoms with van der Waals surface area (Å²) in [5.74, 6) is 0.315. The van der Waals surface area contributed by atoms with Gasteiger partial charge in [0.25, 0.3) is 5.91 Å². The average molecular weight is 538 g/mol. The molecule has 8 heteroatoms. The van der Waals surface area contributed by atoms with Gasteiger partial charge in [-0.15, -0.1) is 0 Å². The number of carbonyl (C=O) groups excluding carboxylic acids is 3. The van der Waals surface area contributed by atoms with E-state index >= 15 is 0 Å². The molecule has 212 valence electrons. The second-order valence-electron chi connectivity index (χ2n) is 11.0. The van der Waals surface area contributed by atoms with E-state index in [1.54, 1.807) is 63.1 Å². The zero-order valence-corrected chi connectivity index (χ0v) is 24.2. The Labute approximate surface area is 232 Å². The van der Waals surface area contributed by atoms with Gasteiger partial charge in [0.05, 0.1) is 7.11 Å². The van der Waals surface area contributed by atoms with Crippen LogP contribution in [-0.4, -0.2) is 48.1 Å². The third-order valence-electron chi connectivity index (χ3n) is 6.05. The van der Waals surface area contributed by atoms with E-state index in [4.69, 9.17) is 9.47 Å². The summed E-state index contributed by atoms with van der Waals surface area (Å²) >= 11 is 0. The maximum absolute atomic E-state index is 13.9. The van der Waals surface area contributed by atoms with Gasteiger partial charge < -0.3 is 25.0 Å². The van der Waals surface area contributed by atoms with Crippen molar-refractivity contribution < 1.29 is 23.9 Å². The first-order valence-electron chi connectivity index (χ1n) is 13.3. The molecule has 0 spiro atoms. The lowest BCUT2D eigenvalue weighted by atomic mass is 9.97. The highest BCUT2D eigenvalue weighted by molar-refractivity contribution is 5.98. The zero-order chi connectivity index (χ0) is 29.2. The highest BCUT2D eigenvalue weighted by atomic mass is 16.6. The Balaban J connectivity index is 2.48. The fraction of sp³-hybridized carbons (Fsp3) is 0.452. The van der Waals surface area contributed by atoms with Gasteiger partial charge in [-0.25, -0.2) is 4.79 Å². The van der Waals surface area contributed by atoms with Crippen LogP contribution in [0.5, 0.6) is 5.75 Å². The molecule has 2 aromatic rings. The van der Waals surface area contributed by atoms with Crippen LogP contribution in [0.3, 0.4) is 0 Å². The highest BCUT2D eigenvalue weighted by Gasteiger charge is 2.35. The summed E-state index contributed by atoms with van der Waals surface area (Å²) in [5, 5.41) is 5.51. The number of anilines is 1. The lowest BCUT2D eigenvalue weighted by molar-refractivity contribution is -0.140. The first-order chi connectivity index (χ1) is 18.3. The van der Waals surface area contributed by atoms with Crippen LogP contribution < -0.4 is 15.4 Å². The second-order valence-corrected chi connectivity index (χ2v) is 11.0. The largest absolute Gasteiger partial charge is 0.497 e. The molecule has 2 atom stereocenters. The predicted octanol–water partition coefficient (Wildman–Crippen LogP) is 6.20. The molecule has 0 bridgehead atoms. The van der Waals surface area contributed by atoms with Crippen LogP contribution in [0.25, 0.3) is 6.08 Å². The Hall–Kier alpha value is -3.81. The Bertz CT molecular complexity index is 1120. The number of nitrogens with zero attached hydrogens (tertiary/aromatic N) is 1. The van der Waals surface area contributed by atoms with Crippen LogP contribution >= 0.6 is 0 Å². The SMILES string of the molecule is C=Cc1cccc(C(C(=O)Nc2ccc(OC)cc2)N(C(=O)CNC(=O)OC(C)(C)C)C(C)CCC(C)C)c1. The fourth-order valence-corrected chi connectivity index (χ4v) is 4.09. The van der Waals surface area contributed by atoms with Gasteiger partial charge in [0.1, 0.15) is 23.9 Å². The van der Waals surface area contributed by atoms with Crippen molar-refractivity contribution in [1.82, 2.24) is 10.2 Å². The van der Waals surface area contributed by atoms with Crippen LogP contribution in [0.1, 0.15) is 71.6 Å². The average Bonchev–Trinajstić information content (AvgIpc) is 2.88. The van der Waals surface area contributed by atoms with E-state index in [9.17, 15) is 14.4 Å². The molecule has 0 saturated heterocycles. The van der Waals surface area contributed by atoms with Crippen LogP contribution in [-0.2, 0) is 14.3 Å². The number of amides is 3. The number of ether oxygens (including phenoxy) is 2. The van der Waals surface area contributed by atoms with E-state index < -0.39 is 23.6 Å². The molecular formula is C31H43N3O5. The highest BCUT2D eigenvalue weighted by Crippen LogP contribution is 2.29. The molecule has 0 aromatic heterocycles. The summed E-state index contributed by atoms with van der Waals surface area (Å²) in [6.45, 7) is 14.9. The molecule has 0 aliphatic rings. The summed E-state index contributed by atoms with van der Waals surface area (Å²) in [5.41, 5.74) is 1.33. The van der Waals surface area contributed by atoms with Gasteiger partial charge in [-0.1, -0.05) is 44.7 Å². The van der Waals surface area contributed by atoms with Crippen LogP contribution in [0.4, 0.5) is 10.5 Å². The topological polar surface area (TPSA) is 97.0 Å². The van der Waals surface area contributed by atoms with Crippen LogP contribution in [0, 0.1) is 5.92 Å². The Morgan fingerprint density at radius 2 is 1.69 bits per heavy atom. The van der Waals surface area contributed by atoms with Gasteiger partial charge >= 0.3 is 6.09 Å². The summed E-state index contributed by atoms with van der Waals surface area (Å²) in [6, 6.07) is 13.1. The minimum absolute atomic E-state index is 0.292. The molecule has 0 aliphatic carbocycles. The van der Waals surface area contributed by atoms with Gasteiger partial charge in [-0.2, -0.15) is 0 Å². The number of hydrogen-bond donors (Lipinski definition) is 2. The van der Waals surface area contributed by atoms with E-state index in [0.29, 0.717) is 29.3 Å². The number of hydrogen-bond acceptors (Lipinski definition) is 5. The minimum atomic E-state index is -0.956. The molecule has 2 N–H and O–H groups in total. The molecule has 8 nitrogen and oxygen atoms in total. The van der Waals surface area contributed by atoms with Gasteiger partial charge in [-0.05, 0) is 87.9 Å². The number of benzene rings is 2. The standard InChI is InChI=1S/C31H43N3O5/c1-9-23-11-10-12-24(19-23)28(29(36)33-25-15-17-26(38-8)18-16-25)34(22(4)14-13-21(2)3)27(35)20-32-30(37)39-31(5,6)7/h9-12,15-19,21-22,28H,1,13-14,20H2,2-8H3,(H,32,37)(H,33,36). The van der Waals surface area contributed by atoms with Gasteiger partial charge in [0.2, 0.25) is 5.91 Å². The van der Waals surface area contributed by atoms with E-state index in [1.165, 1.54) is 0 Å². The molecule has 3 amide bonds. The van der Waals surface area contributed by atoms with Crippen molar-refractivity contribution in [3.05, 3.63) is 66.2 Å². The van der Waals surface area contributed by atoms with Gasteiger partial charge in [0.15, 0.2) is 0 Å². The lowest BCUT2D eigenvalue weighted by Crippen LogP contribution is -2.50. The molecule has 0 radical (unpaired) electrons. The van der Waals surface area contributed by atoms with Gasteiger partial charge in [-0.3, -0.25) is 9.59 Å². The summed E-state index contributed by atoms with van der Waals surface area (Å²) in [6.07, 6.45) is 2.55. The molecule has 2 unspecified atom stereocenters. The molecule has 0 heterocycles. The monoisotopic (exact) mass is 537 g/mol. The predicted molar refractivity (Wildman–Crippen MR) is 156 cm³/mol. The normalized spacial score (nSPS) is 12.7. The summed E-state index contributed by atoms with van der Waals surface area (Å²) in [4.78, 5) is 41.5. The molecule has 2 rings (SSSR count). The molecular weight excluding hydrogens is 494 g/mol. The van der Waals surface area contributed by atoms with Crippen molar-refractivity contribution in [2.45, 2.75) is 72.1 Å². The van der Waals surface area contributed by atoms with Crippen molar-refractivity contribution >= 4 is 29.7 Å². The lowest BCUT2D eigenvalue weighted by Gasteiger charge is -2.37. The molecule has 2 aromatic carbocycles. The van der Waals surface area contributed by atoms with Crippen molar-refractivity contribution in [2.75, 3.05) is 19.0 Å². The van der Waals surface area contributed by atoms with E-state index in [1.807, 2.05) is 31.2 Å². The van der Waals surface area contributed by atoms with Crippen molar-refractivity contribution in [3.63, 3.8) is 0 Å². The van der Waals surface area contributed by atoms with Crippen molar-refractivity contribution in [3.8, 4) is 5.75 Å². The van der Waals surface area contributed by atoms with E-state index in [-0.39, 0.29) is 18.5 Å². The Morgan fingerprint density at radius 1 is 1.03 bits per heavy atom. The number of methoxy groups -OCH3 is 1. The smallest absolute Gasteiger partial charge is 0.408 e. The number of alkyl carbamates (subject to hydrolysis) is 1. The number of rotatable bonds is 12. The first-order valence-corrected chi connectivity index (χ1v) is 13.3. The van der Waals surface area contributed by atoms with Crippen LogP contribution in [0.2, 0.25) is 0 Å². The number of carbonyl (C=O) groups is 3. The van der Waals surface area contributed by atoms with Crippen molar-refractivity contribution in [1.29, 1.82) is 0 Å². The van der Waals surface area contributed by atoms with Crippen molar-refractivity contribution in [2.24, 2.45) is 5.92 Å². The summed E-state index contributed by atoms with van der Waals surface area (Å²) < 4.78 is 10.5. The van der Waals surface area contributed by atoms with E-state index in [0.717, 1.165) is 12.0 Å². The first kappa shape index (κ1) is 31.4.